The van der Waals surface area contributed by atoms with Crippen molar-refractivity contribution < 1.29 is 14.2 Å². The van der Waals surface area contributed by atoms with Crippen LogP contribution < -0.4 is 14.2 Å². The standard InChI is InChI=1S/C19H32O3/c1-4-6-8-10-15-21-18-14-12-13-17(20-3)19(18)22-16-11-9-7-5-2/h12-14H,4-11,15-16H2,1-3H3. The maximum absolute atomic E-state index is 5.93. The number of methoxy groups -OCH3 is 1. The van der Waals surface area contributed by atoms with Gasteiger partial charge >= 0.3 is 0 Å². The Hall–Kier alpha value is -1.38. The molecule has 0 unspecified atom stereocenters. The molecule has 1 rings (SSSR count). The Bertz CT molecular complexity index is 390. The van der Waals surface area contributed by atoms with E-state index in [1.165, 1.54) is 38.5 Å². The van der Waals surface area contributed by atoms with Gasteiger partial charge in [-0.25, -0.2) is 0 Å². The summed E-state index contributed by atoms with van der Waals surface area (Å²) in [5.41, 5.74) is 0. The first kappa shape index (κ1) is 18.7. The maximum atomic E-state index is 5.93. The number of unbranched alkanes of at least 4 members (excludes halogenated alkanes) is 6. The van der Waals surface area contributed by atoms with E-state index in [0.717, 1.165) is 36.7 Å². The number of ether oxygens (including phenoxy) is 3. The molecule has 0 aliphatic carbocycles. The van der Waals surface area contributed by atoms with Gasteiger partial charge in [-0.15, -0.1) is 0 Å². The molecule has 0 amide bonds. The minimum absolute atomic E-state index is 0.715. The van der Waals surface area contributed by atoms with Crippen molar-refractivity contribution in [2.45, 2.75) is 65.2 Å². The molecular weight excluding hydrogens is 276 g/mol. The molecule has 3 heteroatoms. The third-order valence-electron chi connectivity index (χ3n) is 3.66. The van der Waals surface area contributed by atoms with Crippen LogP contribution in [0, 0.1) is 0 Å². The van der Waals surface area contributed by atoms with Crippen molar-refractivity contribution >= 4 is 0 Å². The summed E-state index contributed by atoms with van der Waals surface area (Å²) < 4.78 is 17.2. The molecule has 22 heavy (non-hydrogen) atoms. The predicted molar refractivity (Wildman–Crippen MR) is 92.3 cm³/mol. The number of benzene rings is 1. The van der Waals surface area contributed by atoms with Crippen LogP contribution in [0.5, 0.6) is 17.2 Å². The van der Waals surface area contributed by atoms with Gasteiger partial charge < -0.3 is 14.2 Å². The van der Waals surface area contributed by atoms with E-state index in [1.54, 1.807) is 7.11 Å². The molecule has 0 aliphatic heterocycles. The van der Waals surface area contributed by atoms with Crippen LogP contribution in [0.1, 0.15) is 65.2 Å². The molecule has 3 nitrogen and oxygen atoms in total. The SMILES string of the molecule is CCCCCCOc1cccc(OC)c1OCCCCCC. The number of hydrogen-bond donors (Lipinski definition) is 0. The Labute approximate surface area is 136 Å². The smallest absolute Gasteiger partial charge is 0.203 e. The first-order chi connectivity index (χ1) is 10.8. The van der Waals surface area contributed by atoms with Crippen molar-refractivity contribution in [3.63, 3.8) is 0 Å². The summed E-state index contributed by atoms with van der Waals surface area (Å²) in [6, 6.07) is 5.83. The molecule has 0 bridgehead atoms. The van der Waals surface area contributed by atoms with Crippen LogP contribution in [0.15, 0.2) is 18.2 Å². The number of hydrogen-bond acceptors (Lipinski definition) is 3. The van der Waals surface area contributed by atoms with E-state index in [2.05, 4.69) is 13.8 Å². The van der Waals surface area contributed by atoms with Crippen LogP contribution in [0.4, 0.5) is 0 Å². The highest BCUT2D eigenvalue weighted by molar-refractivity contribution is 5.51. The van der Waals surface area contributed by atoms with Crippen LogP contribution in [0.25, 0.3) is 0 Å². The van der Waals surface area contributed by atoms with Gasteiger partial charge in [0.2, 0.25) is 5.75 Å². The molecule has 0 saturated carbocycles. The zero-order valence-corrected chi connectivity index (χ0v) is 14.5. The quantitative estimate of drug-likeness (QED) is 0.443. The van der Waals surface area contributed by atoms with Gasteiger partial charge in [0.05, 0.1) is 20.3 Å². The largest absolute Gasteiger partial charge is 0.493 e. The zero-order valence-electron chi connectivity index (χ0n) is 14.5. The highest BCUT2D eigenvalue weighted by Crippen LogP contribution is 2.37. The Balaban J connectivity index is 2.51. The summed E-state index contributed by atoms with van der Waals surface area (Å²) in [5, 5.41) is 0. The molecule has 0 fully saturated rings. The minimum atomic E-state index is 0.715. The summed E-state index contributed by atoms with van der Waals surface area (Å²) in [4.78, 5) is 0. The summed E-state index contributed by atoms with van der Waals surface area (Å²) >= 11 is 0. The fourth-order valence-electron chi connectivity index (χ4n) is 2.33. The molecule has 1 aromatic rings. The molecule has 0 aromatic heterocycles. The van der Waals surface area contributed by atoms with E-state index in [0.29, 0.717) is 6.61 Å². The molecule has 0 spiro atoms. The van der Waals surface area contributed by atoms with Gasteiger partial charge in [-0.1, -0.05) is 58.4 Å². The lowest BCUT2D eigenvalue weighted by Crippen LogP contribution is -2.04. The van der Waals surface area contributed by atoms with Crippen LogP contribution >= 0.6 is 0 Å². The Morgan fingerprint density at radius 1 is 0.727 bits per heavy atom. The Morgan fingerprint density at radius 2 is 1.32 bits per heavy atom. The maximum Gasteiger partial charge on any atom is 0.203 e. The lowest BCUT2D eigenvalue weighted by atomic mass is 10.2. The van der Waals surface area contributed by atoms with E-state index in [-0.39, 0.29) is 0 Å². The van der Waals surface area contributed by atoms with Crippen molar-refractivity contribution in [1.29, 1.82) is 0 Å². The Kier molecular flexibility index (Phi) is 10.3. The molecule has 1 aromatic carbocycles. The van der Waals surface area contributed by atoms with Crippen LogP contribution in [-0.4, -0.2) is 20.3 Å². The van der Waals surface area contributed by atoms with E-state index in [9.17, 15) is 0 Å². The average molecular weight is 308 g/mol. The molecule has 0 atom stereocenters. The van der Waals surface area contributed by atoms with Gasteiger partial charge in [0.1, 0.15) is 0 Å². The number of para-hydroxylation sites is 1. The van der Waals surface area contributed by atoms with E-state index >= 15 is 0 Å². The first-order valence-electron chi connectivity index (χ1n) is 8.76. The summed E-state index contributed by atoms with van der Waals surface area (Å²) in [6.07, 6.45) is 9.58. The molecule has 126 valence electrons. The normalized spacial score (nSPS) is 10.5. The van der Waals surface area contributed by atoms with Crippen LogP contribution in [0.3, 0.4) is 0 Å². The molecular formula is C19H32O3. The van der Waals surface area contributed by atoms with E-state index < -0.39 is 0 Å². The van der Waals surface area contributed by atoms with E-state index in [1.807, 2.05) is 18.2 Å². The van der Waals surface area contributed by atoms with E-state index in [4.69, 9.17) is 14.2 Å². The fraction of sp³-hybridized carbons (Fsp3) is 0.684. The van der Waals surface area contributed by atoms with Crippen molar-refractivity contribution in [3.8, 4) is 17.2 Å². The van der Waals surface area contributed by atoms with Crippen molar-refractivity contribution in [1.82, 2.24) is 0 Å². The third-order valence-corrected chi connectivity index (χ3v) is 3.66. The van der Waals surface area contributed by atoms with Gasteiger partial charge in [-0.3, -0.25) is 0 Å². The molecule has 0 N–H and O–H groups in total. The number of rotatable bonds is 13. The second-order valence-corrected chi connectivity index (χ2v) is 5.61. The summed E-state index contributed by atoms with van der Waals surface area (Å²) in [7, 11) is 1.67. The van der Waals surface area contributed by atoms with Gasteiger partial charge in [0.15, 0.2) is 11.5 Å². The first-order valence-corrected chi connectivity index (χ1v) is 8.76. The highest BCUT2D eigenvalue weighted by Gasteiger charge is 2.11. The van der Waals surface area contributed by atoms with Gasteiger partial charge in [0.25, 0.3) is 0 Å². The van der Waals surface area contributed by atoms with Crippen molar-refractivity contribution in [3.05, 3.63) is 18.2 Å². The highest BCUT2D eigenvalue weighted by atomic mass is 16.5. The van der Waals surface area contributed by atoms with Crippen LogP contribution in [-0.2, 0) is 0 Å². The molecule has 0 heterocycles. The summed E-state index contributed by atoms with van der Waals surface area (Å²) in [5.74, 6) is 2.30. The predicted octanol–water partition coefficient (Wildman–Crippen LogP) is 5.61. The zero-order chi connectivity index (χ0) is 16.0. The average Bonchev–Trinajstić information content (AvgIpc) is 2.55. The van der Waals surface area contributed by atoms with Crippen molar-refractivity contribution in [2.24, 2.45) is 0 Å². The topological polar surface area (TPSA) is 27.7 Å². The second-order valence-electron chi connectivity index (χ2n) is 5.61. The lowest BCUT2D eigenvalue weighted by Gasteiger charge is -2.15. The molecule has 0 radical (unpaired) electrons. The second kappa shape index (κ2) is 12.2. The third kappa shape index (κ3) is 7.06. The molecule has 0 saturated heterocycles. The van der Waals surface area contributed by atoms with Gasteiger partial charge in [-0.05, 0) is 25.0 Å². The minimum Gasteiger partial charge on any atom is -0.493 e. The van der Waals surface area contributed by atoms with Gasteiger partial charge in [0, 0.05) is 0 Å². The van der Waals surface area contributed by atoms with Crippen LogP contribution in [0.2, 0.25) is 0 Å². The van der Waals surface area contributed by atoms with Gasteiger partial charge in [-0.2, -0.15) is 0 Å². The van der Waals surface area contributed by atoms with Crippen molar-refractivity contribution in [2.75, 3.05) is 20.3 Å². The molecule has 0 aliphatic rings. The Morgan fingerprint density at radius 3 is 1.91 bits per heavy atom. The fourth-order valence-corrected chi connectivity index (χ4v) is 2.33. The summed E-state index contributed by atoms with van der Waals surface area (Å²) in [6.45, 7) is 5.88. The monoisotopic (exact) mass is 308 g/mol. The lowest BCUT2D eigenvalue weighted by molar-refractivity contribution is 0.247.